The molecule has 1 heterocycles. The molecule has 0 aliphatic carbocycles. The Morgan fingerprint density at radius 2 is 2.33 bits per heavy atom. The average molecular weight is 312 g/mol. The zero-order chi connectivity index (χ0) is 15.4. The van der Waals surface area contributed by atoms with Crippen LogP contribution in [0.1, 0.15) is 25.6 Å². The Kier molecular flexibility index (Phi) is 5.47. The molecule has 116 valence electrons. The van der Waals surface area contributed by atoms with Gasteiger partial charge in [0.1, 0.15) is 6.17 Å². The first kappa shape index (κ1) is 16.1. The van der Waals surface area contributed by atoms with Gasteiger partial charge in [-0.15, -0.1) is 0 Å². The van der Waals surface area contributed by atoms with Gasteiger partial charge in [0.05, 0.1) is 13.7 Å². The molecule has 1 fully saturated rings. The summed E-state index contributed by atoms with van der Waals surface area (Å²) in [6.07, 6.45) is -0.273. The van der Waals surface area contributed by atoms with Crippen LogP contribution in [0.25, 0.3) is 0 Å². The number of nitrogens with zero attached hydrogens (tertiary/aromatic N) is 1. The number of rotatable bonds is 6. The summed E-state index contributed by atoms with van der Waals surface area (Å²) in [5.74, 6) is 1.75. The van der Waals surface area contributed by atoms with Crippen molar-refractivity contribution in [3.63, 3.8) is 0 Å². The Bertz CT molecular complexity index is 512. The van der Waals surface area contributed by atoms with Crippen LogP contribution < -0.4 is 10.1 Å². The Morgan fingerprint density at radius 1 is 1.57 bits per heavy atom. The first-order chi connectivity index (χ1) is 10.1. The normalized spacial score (nSPS) is 19.9. The standard InChI is InChI=1S/C15H21FN2O2S/c1-4-21-9-10(2)18-14(19)8-17-15(18)11-5-6-13(20-3)12(16)7-11/h5-7,10,15,17H,4,8-9H2,1-3H3. The quantitative estimate of drug-likeness (QED) is 0.876. The molecule has 0 spiro atoms. The van der Waals surface area contributed by atoms with Crippen LogP contribution >= 0.6 is 11.8 Å². The van der Waals surface area contributed by atoms with Crippen molar-refractivity contribution in [1.29, 1.82) is 0 Å². The van der Waals surface area contributed by atoms with E-state index < -0.39 is 5.82 Å². The lowest BCUT2D eigenvalue weighted by molar-refractivity contribution is -0.129. The van der Waals surface area contributed by atoms with Crippen molar-refractivity contribution in [3.05, 3.63) is 29.6 Å². The van der Waals surface area contributed by atoms with E-state index in [0.717, 1.165) is 17.1 Å². The summed E-state index contributed by atoms with van der Waals surface area (Å²) in [6.45, 7) is 4.41. The van der Waals surface area contributed by atoms with Crippen LogP contribution in [-0.4, -0.2) is 42.0 Å². The molecular formula is C15H21FN2O2S. The number of benzene rings is 1. The number of halogens is 1. The maximum atomic E-state index is 13.9. The van der Waals surface area contributed by atoms with Crippen molar-refractivity contribution in [2.45, 2.75) is 26.1 Å². The van der Waals surface area contributed by atoms with Gasteiger partial charge in [-0.3, -0.25) is 10.1 Å². The summed E-state index contributed by atoms with van der Waals surface area (Å²) >= 11 is 1.80. The summed E-state index contributed by atoms with van der Waals surface area (Å²) in [7, 11) is 1.44. The number of carbonyl (C=O) groups excluding carboxylic acids is 1. The highest BCUT2D eigenvalue weighted by molar-refractivity contribution is 7.99. The predicted molar refractivity (Wildman–Crippen MR) is 83.0 cm³/mol. The first-order valence-corrected chi connectivity index (χ1v) is 8.19. The fourth-order valence-corrected chi connectivity index (χ4v) is 3.26. The summed E-state index contributed by atoms with van der Waals surface area (Å²) in [5, 5.41) is 3.15. The van der Waals surface area contributed by atoms with E-state index in [4.69, 9.17) is 4.74 Å². The van der Waals surface area contributed by atoms with Crippen molar-refractivity contribution < 1.29 is 13.9 Å². The summed E-state index contributed by atoms with van der Waals surface area (Å²) in [6, 6.07) is 4.93. The summed E-state index contributed by atoms with van der Waals surface area (Å²) in [4.78, 5) is 13.9. The van der Waals surface area contributed by atoms with Crippen molar-refractivity contribution in [2.24, 2.45) is 0 Å². The van der Waals surface area contributed by atoms with Crippen molar-refractivity contribution >= 4 is 17.7 Å². The second-order valence-electron chi connectivity index (χ2n) is 4.99. The molecule has 0 radical (unpaired) electrons. The third-order valence-electron chi connectivity index (χ3n) is 3.54. The average Bonchev–Trinajstić information content (AvgIpc) is 2.86. The predicted octanol–water partition coefficient (Wildman–Crippen LogP) is 2.41. The molecule has 1 aromatic carbocycles. The van der Waals surface area contributed by atoms with E-state index in [1.54, 1.807) is 23.9 Å². The minimum atomic E-state index is -0.410. The highest BCUT2D eigenvalue weighted by atomic mass is 32.2. The van der Waals surface area contributed by atoms with E-state index >= 15 is 0 Å². The molecule has 1 aromatic rings. The maximum absolute atomic E-state index is 13.9. The van der Waals surface area contributed by atoms with E-state index in [-0.39, 0.29) is 23.9 Å². The molecule has 1 aliphatic heterocycles. The number of thioether (sulfide) groups is 1. The Morgan fingerprint density at radius 3 is 2.95 bits per heavy atom. The van der Waals surface area contributed by atoms with Crippen LogP contribution in [0.3, 0.4) is 0 Å². The molecule has 6 heteroatoms. The number of nitrogens with one attached hydrogen (secondary N) is 1. The number of ether oxygens (including phenoxy) is 1. The SMILES string of the molecule is CCSCC(C)N1C(=O)CNC1c1ccc(OC)c(F)c1. The van der Waals surface area contributed by atoms with Crippen molar-refractivity contribution in [1.82, 2.24) is 10.2 Å². The van der Waals surface area contributed by atoms with Gasteiger partial charge >= 0.3 is 0 Å². The molecule has 21 heavy (non-hydrogen) atoms. The minimum Gasteiger partial charge on any atom is -0.494 e. The second kappa shape index (κ2) is 7.13. The zero-order valence-electron chi connectivity index (χ0n) is 12.6. The minimum absolute atomic E-state index is 0.0560. The number of carbonyl (C=O) groups is 1. The van der Waals surface area contributed by atoms with Gasteiger partial charge in [0, 0.05) is 11.8 Å². The fourth-order valence-electron chi connectivity index (χ4n) is 2.52. The molecule has 0 bridgehead atoms. The van der Waals surface area contributed by atoms with Crippen molar-refractivity contribution in [3.8, 4) is 5.75 Å². The lowest BCUT2D eigenvalue weighted by Gasteiger charge is -2.30. The maximum Gasteiger partial charge on any atom is 0.238 e. The Hall–Kier alpha value is -1.27. The lowest BCUT2D eigenvalue weighted by atomic mass is 10.1. The third-order valence-corrected chi connectivity index (χ3v) is 4.67. The molecule has 2 unspecified atom stereocenters. The van der Waals surface area contributed by atoms with E-state index in [9.17, 15) is 9.18 Å². The number of hydrogen-bond donors (Lipinski definition) is 1. The molecule has 4 nitrogen and oxygen atoms in total. The van der Waals surface area contributed by atoms with Crippen LogP contribution in [0.2, 0.25) is 0 Å². The molecule has 1 amide bonds. The first-order valence-electron chi connectivity index (χ1n) is 7.04. The Balaban J connectivity index is 2.20. The topological polar surface area (TPSA) is 41.6 Å². The van der Waals surface area contributed by atoms with Gasteiger partial charge in [0.15, 0.2) is 11.6 Å². The van der Waals surface area contributed by atoms with Crippen LogP contribution in [-0.2, 0) is 4.79 Å². The van der Waals surface area contributed by atoms with E-state index in [2.05, 4.69) is 12.2 Å². The van der Waals surface area contributed by atoms with Gasteiger partial charge in [0.25, 0.3) is 0 Å². The number of methoxy groups -OCH3 is 1. The molecule has 0 saturated carbocycles. The highest BCUT2D eigenvalue weighted by Gasteiger charge is 2.35. The molecule has 1 N–H and O–H groups in total. The summed E-state index contributed by atoms with van der Waals surface area (Å²) < 4.78 is 18.8. The molecular weight excluding hydrogens is 291 g/mol. The Labute approximate surface area is 129 Å². The van der Waals surface area contributed by atoms with Crippen LogP contribution in [0.5, 0.6) is 5.75 Å². The van der Waals surface area contributed by atoms with Crippen LogP contribution in [0, 0.1) is 5.82 Å². The monoisotopic (exact) mass is 312 g/mol. The van der Waals surface area contributed by atoms with E-state index in [1.807, 2.05) is 11.8 Å². The molecule has 1 aliphatic rings. The summed E-state index contributed by atoms with van der Waals surface area (Å²) in [5.41, 5.74) is 0.743. The van der Waals surface area contributed by atoms with Gasteiger partial charge in [-0.25, -0.2) is 4.39 Å². The fraction of sp³-hybridized carbons (Fsp3) is 0.533. The van der Waals surface area contributed by atoms with Crippen molar-refractivity contribution in [2.75, 3.05) is 25.2 Å². The lowest BCUT2D eigenvalue weighted by Crippen LogP contribution is -2.39. The van der Waals surface area contributed by atoms with Crippen LogP contribution in [0.15, 0.2) is 18.2 Å². The molecule has 0 aromatic heterocycles. The van der Waals surface area contributed by atoms with Gasteiger partial charge in [0.2, 0.25) is 5.91 Å². The molecule has 2 rings (SSSR count). The smallest absolute Gasteiger partial charge is 0.238 e. The highest BCUT2D eigenvalue weighted by Crippen LogP contribution is 2.29. The number of amides is 1. The van der Waals surface area contributed by atoms with Gasteiger partial charge in [-0.1, -0.05) is 13.0 Å². The van der Waals surface area contributed by atoms with E-state index in [0.29, 0.717) is 6.54 Å². The van der Waals surface area contributed by atoms with Gasteiger partial charge < -0.3 is 9.64 Å². The molecule has 2 atom stereocenters. The van der Waals surface area contributed by atoms with Gasteiger partial charge in [-0.2, -0.15) is 11.8 Å². The van der Waals surface area contributed by atoms with Crippen LogP contribution in [0.4, 0.5) is 4.39 Å². The second-order valence-corrected chi connectivity index (χ2v) is 6.31. The zero-order valence-corrected chi connectivity index (χ0v) is 13.4. The number of hydrogen-bond acceptors (Lipinski definition) is 4. The molecule has 1 saturated heterocycles. The third kappa shape index (κ3) is 3.49. The van der Waals surface area contributed by atoms with E-state index in [1.165, 1.54) is 13.2 Å². The largest absolute Gasteiger partial charge is 0.494 e. The van der Waals surface area contributed by atoms with Gasteiger partial charge in [-0.05, 0) is 30.4 Å².